The van der Waals surface area contributed by atoms with E-state index in [1.54, 1.807) is 35.2 Å². The Hall–Kier alpha value is -2.69. The summed E-state index contributed by atoms with van der Waals surface area (Å²) in [6.07, 6.45) is 1.78. The summed E-state index contributed by atoms with van der Waals surface area (Å²) in [5, 5.41) is 8.83. The van der Waals surface area contributed by atoms with Crippen LogP contribution in [-0.2, 0) is 26.0 Å². The zero-order chi connectivity index (χ0) is 20.7. The highest BCUT2D eigenvalue weighted by molar-refractivity contribution is 7.92. The Morgan fingerprint density at radius 3 is 2.55 bits per heavy atom. The first-order valence-electron chi connectivity index (χ1n) is 9.60. The number of hydrogen-bond donors (Lipinski definition) is 0. The minimum Gasteiger partial charge on any atom is -0.376 e. The van der Waals surface area contributed by atoms with Crippen LogP contribution in [0.3, 0.4) is 0 Å². The molecule has 0 aromatic heterocycles. The molecule has 3 rings (SSSR count). The fourth-order valence-electron chi connectivity index (χ4n) is 3.41. The third-order valence-electron chi connectivity index (χ3n) is 4.99. The second-order valence-corrected chi connectivity index (χ2v) is 9.23. The molecule has 1 amide bonds. The zero-order valence-corrected chi connectivity index (χ0v) is 17.0. The van der Waals surface area contributed by atoms with Gasteiger partial charge in [-0.3, -0.25) is 4.79 Å². The Bertz CT molecular complexity index is 966. The van der Waals surface area contributed by atoms with Crippen LogP contribution < -0.4 is 0 Å². The van der Waals surface area contributed by atoms with E-state index in [0.29, 0.717) is 31.9 Å². The van der Waals surface area contributed by atoms with Gasteiger partial charge in [-0.15, -0.1) is 0 Å². The first-order chi connectivity index (χ1) is 14.0. The van der Waals surface area contributed by atoms with Crippen LogP contribution in [0.4, 0.5) is 0 Å². The van der Waals surface area contributed by atoms with Gasteiger partial charge in [0, 0.05) is 13.1 Å². The molecule has 6 nitrogen and oxygen atoms in total. The van der Waals surface area contributed by atoms with Crippen molar-refractivity contribution in [2.24, 2.45) is 5.92 Å². The molecule has 1 saturated heterocycles. The molecule has 2 aromatic carbocycles. The molecule has 1 aliphatic rings. The molecule has 29 heavy (non-hydrogen) atoms. The van der Waals surface area contributed by atoms with E-state index in [1.165, 1.54) is 12.1 Å². The lowest BCUT2D eigenvalue weighted by molar-refractivity contribution is -0.130. The molecule has 152 valence electrons. The lowest BCUT2D eigenvalue weighted by Gasteiger charge is -2.32. The van der Waals surface area contributed by atoms with E-state index in [9.17, 15) is 13.2 Å². The molecule has 0 N–H and O–H groups in total. The standard InChI is InChI=1S/C22H24N2O4S/c23-13-18-8-10-19(11-9-18)15-28-16-20-5-4-12-24(14-20)22(25)17-29(26,27)21-6-2-1-3-7-21/h1-3,6-11,20H,4-5,12,14-17H2. The zero-order valence-electron chi connectivity index (χ0n) is 16.2. The normalized spacial score (nSPS) is 16.9. The highest BCUT2D eigenvalue weighted by atomic mass is 32.2. The van der Waals surface area contributed by atoms with Crippen LogP contribution in [0, 0.1) is 17.2 Å². The third-order valence-corrected chi connectivity index (χ3v) is 6.61. The summed E-state index contributed by atoms with van der Waals surface area (Å²) >= 11 is 0. The van der Waals surface area contributed by atoms with Gasteiger partial charge in [0.1, 0.15) is 5.75 Å². The minimum absolute atomic E-state index is 0.174. The van der Waals surface area contributed by atoms with Gasteiger partial charge in [-0.2, -0.15) is 5.26 Å². The van der Waals surface area contributed by atoms with Gasteiger partial charge >= 0.3 is 0 Å². The average molecular weight is 413 g/mol. The summed E-state index contributed by atoms with van der Waals surface area (Å²) < 4.78 is 30.7. The first-order valence-corrected chi connectivity index (χ1v) is 11.3. The summed E-state index contributed by atoms with van der Waals surface area (Å²) in [5.74, 6) is -0.674. The number of benzene rings is 2. The van der Waals surface area contributed by atoms with Crippen molar-refractivity contribution in [3.05, 3.63) is 65.7 Å². The van der Waals surface area contributed by atoms with Crippen molar-refractivity contribution in [3.8, 4) is 6.07 Å². The fraction of sp³-hybridized carbons (Fsp3) is 0.364. The molecular formula is C22H24N2O4S. The van der Waals surface area contributed by atoms with Crippen molar-refractivity contribution in [3.63, 3.8) is 0 Å². The molecule has 1 aliphatic heterocycles. The third kappa shape index (κ3) is 5.89. The van der Waals surface area contributed by atoms with Crippen molar-refractivity contribution in [1.29, 1.82) is 5.26 Å². The predicted octanol–water partition coefficient (Wildman–Crippen LogP) is 2.79. The number of likely N-dealkylation sites (tertiary alicyclic amines) is 1. The second-order valence-electron chi connectivity index (χ2n) is 7.24. The smallest absolute Gasteiger partial charge is 0.238 e. The summed E-state index contributed by atoms with van der Waals surface area (Å²) in [7, 11) is -3.63. The highest BCUT2D eigenvalue weighted by Crippen LogP contribution is 2.19. The molecule has 0 radical (unpaired) electrons. The molecule has 0 aliphatic carbocycles. The largest absolute Gasteiger partial charge is 0.376 e. The molecule has 1 atom stereocenters. The Balaban J connectivity index is 1.49. The van der Waals surface area contributed by atoms with Crippen molar-refractivity contribution in [2.45, 2.75) is 24.3 Å². The molecule has 0 saturated carbocycles. The Kier molecular flexibility index (Phi) is 7.02. The maximum Gasteiger partial charge on any atom is 0.238 e. The number of carbonyl (C=O) groups is 1. The van der Waals surface area contributed by atoms with Gasteiger partial charge in [-0.25, -0.2) is 8.42 Å². The molecular weight excluding hydrogens is 388 g/mol. The quantitative estimate of drug-likeness (QED) is 0.698. The van der Waals surface area contributed by atoms with Gasteiger partial charge in [0.25, 0.3) is 0 Å². The molecule has 0 spiro atoms. The van der Waals surface area contributed by atoms with E-state index in [4.69, 9.17) is 10.00 Å². The van der Waals surface area contributed by atoms with Gasteiger partial charge in [0.2, 0.25) is 5.91 Å². The molecule has 2 aromatic rings. The van der Waals surface area contributed by atoms with E-state index < -0.39 is 15.6 Å². The van der Waals surface area contributed by atoms with Gasteiger partial charge < -0.3 is 9.64 Å². The van der Waals surface area contributed by atoms with Crippen LogP contribution >= 0.6 is 0 Å². The van der Waals surface area contributed by atoms with Crippen LogP contribution in [0.2, 0.25) is 0 Å². The lowest BCUT2D eigenvalue weighted by atomic mass is 9.99. The van der Waals surface area contributed by atoms with Gasteiger partial charge in [0.05, 0.1) is 29.7 Å². The van der Waals surface area contributed by atoms with Crippen molar-refractivity contribution in [2.75, 3.05) is 25.4 Å². The Labute approximate surface area is 171 Å². The number of rotatable bonds is 7. The van der Waals surface area contributed by atoms with Gasteiger partial charge in [0.15, 0.2) is 9.84 Å². The number of nitriles is 1. The fourth-order valence-corrected chi connectivity index (χ4v) is 4.66. The summed E-state index contributed by atoms with van der Waals surface area (Å²) in [5.41, 5.74) is 1.60. The van der Waals surface area contributed by atoms with Gasteiger partial charge in [-0.05, 0) is 48.6 Å². The van der Waals surface area contributed by atoms with E-state index in [0.717, 1.165) is 18.4 Å². The Morgan fingerprint density at radius 1 is 1.14 bits per heavy atom. The molecule has 1 unspecified atom stereocenters. The van der Waals surface area contributed by atoms with Crippen LogP contribution in [0.5, 0.6) is 0 Å². The number of nitrogens with zero attached hydrogens (tertiary/aromatic N) is 2. The van der Waals surface area contributed by atoms with E-state index in [2.05, 4.69) is 6.07 Å². The summed E-state index contributed by atoms with van der Waals surface area (Å²) in [6, 6.07) is 17.4. The van der Waals surface area contributed by atoms with Gasteiger partial charge in [-0.1, -0.05) is 30.3 Å². The van der Waals surface area contributed by atoms with Crippen molar-refractivity contribution >= 4 is 15.7 Å². The van der Waals surface area contributed by atoms with E-state index >= 15 is 0 Å². The van der Waals surface area contributed by atoms with Crippen LogP contribution in [0.1, 0.15) is 24.0 Å². The molecule has 7 heteroatoms. The van der Waals surface area contributed by atoms with Crippen LogP contribution in [0.25, 0.3) is 0 Å². The van der Waals surface area contributed by atoms with Crippen molar-refractivity contribution in [1.82, 2.24) is 4.90 Å². The maximum absolute atomic E-state index is 12.6. The number of ether oxygens (including phenoxy) is 1. The molecule has 0 bridgehead atoms. The number of hydrogen-bond acceptors (Lipinski definition) is 5. The second kappa shape index (κ2) is 9.68. The minimum atomic E-state index is -3.63. The van der Waals surface area contributed by atoms with Crippen LogP contribution in [-0.4, -0.2) is 44.7 Å². The molecule has 1 fully saturated rings. The van der Waals surface area contributed by atoms with E-state index in [1.807, 2.05) is 12.1 Å². The number of sulfone groups is 1. The highest BCUT2D eigenvalue weighted by Gasteiger charge is 2.27. The SMILES string of the molecule is N#Cc1ccc(COCC2CCCN(C(=O)CS(=O)(=O)c3ccccc3)C2)cc1. The predicted molar refractivity (Wildman–Crippen MR) is 109 cm³/mol. The van der Waals surface area contributed by atoms with Crippen LogP contribution in [0.15, 0.2) is 59.5 Å². The number of carbonyl (C=O) groups excluding carboxylic acids is 1. The number of amides is 1. The summed E-state index contributed by atoms with van der Waals surface area (Å²) in [6.45, 7) is 2.04. The molecule has 1 heterocycles. The Morgan fingerprint density at radius 2 is 1.86 bits per heavy atom. The average Bonchev–Trinajstić information content (AvgIpc) is 2.75. The number of piperidine rings is 1. The summed E-state index contributed by atoms with van der Waals surface area (Å²) in [4.78, 5) is 14.4. The maximum atomic E-state index is 12.6. The topological polar surface area (TPSA) is 87.5 Å². The first kappa shape index (κ1) is 21.0. The monoisotopic (exact) mass is 412 g/mol. The lowest BCUT2D eigenvalue weighted by Crippen LogP contribution is -2.43. The van der Waals surface area contributed by atoms with E-state index in [-0.39, 0.29) is 16.7 Å². The van der Waals surface area contributed by atoms with Crippen molar-refractivity contribution < 1.29 is 17.9 Å².